The third kappa shape index (κ3) is 1.31. The first-order valence-electron chi connectivity index (χ1n) is 5.55. The lowest BCUT2D eigenvalue weighted by Crippen LogP contribution is -2.29. The number of nitriles is 1. The van der Waals surface area contributed by atoms with Crippen LogP contribution < -0.4 is 5.32 Å². The van der Waals surface area contributed by atoms with Crippen molar-refractivity contribution < 1.29 is 0 Å². The highest BCUT2D eigenvalue weighted by molar-refractivity contribution is 5.55. The van der Waals surface area contributed by atoms with Gasteiger partial charge in [-0.2, -0.15) is 10.4 Å². The van der Waals surface area contributed by atoms with Crippen molar-refractivity contribution in [3.63, 3.8) is 0 Å². The molecule has 0 saturated carbocycles. The van der Waals surface area contributed by atoms with E-state index >= 15 is 0 Å². The molecule has 1 fully saturated rings. The lowest BCUT2D eigenvalue weighted by Gasteiger charge is -2.24. The SMILES string of the molecule is N#Cc1cnn2ccn(C3CCNCC3)c12. The van der Waals surface area contributed by atoms with Gasteiger partial charge in [-0.05, 0) is 25.9 Å². The zero-order valence-corrected chi connectivity index (χ0v) is 8.93. The predicted octanol–water partition coefficient (Wildman–Crippen LogP) is 0.932. The molecule has 5 nitrogen and oxygen atoms in total. The molecule has 1 saturated heterocycles. The van der Waals surface area contributed by atoms with E-state index in [1.54, 1.807) is 10.7 Å². The predicted molar refractivity (Wildman–Crippen MR) is 59.0 cm³/mol. The zero-order valence-electron chi connectivity index (χ0n) is 8.93. The zero-order chi connectivity index (χ0) is 11.0. The molecule has 1 aliphatic rings. The van der Waals surface area contributed by atoms with Crippen molar-refractivity contribution in [3.8, 4) is 6.07 Å². The van der Waals surface area contributed by atoms with Crippen LogP contribution in [0.15, 0.2) is 18.6 Å². The van der Waals surface area contributed by atoms with E-state index in [1.807, 2.05) is 12.4 Å². The summed E-state index contributed by atoms with van der Waals surface area (Å²) in [5.74, 6) is 0. The van der Waals surface area contributed by atoms with Crippen LogP contribution in [0.2, 0.25) is 0 Å². The van der Waals surface area contributed by atoms with Crippen molar-refractivity contribution in [2.75, 3.05) is 13.1 Å². The van der Waals surface area contributed by atoms with Gasteiger partial charge < -0.3 is 9.88 Å². The number of fused-ring (bicyclic) bond motifs is 1. The van der Waals surface area contributed by atoms with E-state index in [2.05, 4.69) is 21.1 Å². The molecule has 2 aromatic rings. The maximum atomic E-state index is 9.04. The second-order valence-electron chi connectivity index (χ2n) is 4.12. The fourth-order valence-electron chi connectivity index (χ4n) is 2.39. The third-order valence-corrected chi connectivity index (χ3v) is 3.20. The summed E-state index contributed by atoms with van der Waals surface area (Å²) in [4.78, 5) is 0. The van der Waals surface area contributed by atoms with E-state index in [0.717, 1.165) is 31.6 Å². The molecule has 0 radical (unpaired) electrons. The summed E-state index contributed by atoms with van der Waals surface area (Å²) in [6.45, 7) is 2.09. The molecular weight excluding hydrogens is 202 g/mol. The fraction of sp³-hybridized carbons (Fsp3) is 0.455. The van der Waals surface area contributed by atoms with Crippen LogP contribution in [0.3, 0.4) is 0 Å². The second kappa shape index (κ2) is 3.65. The standard InChI is InChI=1S/C11H13N5/c12-7-9-8-14-16-6-5-15(11(9)16)10-1-3-13-4-2-10/h5-6,8,10,13H,1-4H2. The normalized spacial score (nSPS) is 17.7. The number of imidazole rings is 1. The Morgan fingerprint density at radius 3 is 2.94 bits per heavy atom. The molecule has 2 aromatic heterocycles. The average molecular weight is 215 g/mol. The number of hydrogen-bond acceptors (Lipinski definition) is 3. The molecule has 0 unspecified atom stereocenters. The van der Waals surface area contributed by atoms with Crippen LogP contribution in [-0.4, -0.2) is 27.3 Å². The van der Waals surface area contributed by atoms with Crippen LogP contribution in [0, 0.1) is 11.3 Å². The molecule has 0 aliphatic carbocycles. The minimum absolute atomic E-state index is 0.488. The number of nitrogens with zero attached hydrogens (tertiary/aromatic N) is 4. The highest BCUT2D eigenvalue weighted by Gasteiger charge is 2.18. The van der Waals surface area contributed by atoms with Crippen LogP contribution in [0.1, 0.15) is 24.4 Å². The number of aromatic nitrogens is 3. The van der Waals surface area contributed by atoms with Crippen LogP contribution >= 0.6 is 0 Å². The average Bonchev–Trinajstić information content (AvgIpc) is 2.90. The van der Waals surface area contributed by atoms with Gasteiger partial charge in [0.1, 0.15) is 11.6 Å². The van der Waals surface area contributed by atoms with Gasteiger partial charge in [0.05, 0.1) is 6.20 Å². The summed E-state index contributed by atoms with van der Waals surface area (Å²) in [5.41, 5.74) is 1.58. The molecule has 3 rings (SSSR count). The van der Waals surface area contributed by atoms with Crippen LogP contribution in [-0.2, 0) is 0 Å². The molecule has 0 atom stereocenters. The molecule has 0 bridgehead atoms. The lowest BCUT2D eigenvalue weighted by molar-refractivity contribution is 0.375. The van der Waals surface area contributed by atoms with E-state index in [9.17, 15) is 0 Å². The maximum absolute atomic E-state index is 9.04. The van der Waals surface area contributed by atoms with Crippen molar-refractivity contribution in [2.24, 2.45) is 0 Å². The Bertz CT molecular complexity index is 538. The Morgan fingerprint density at radius 1 is 1.38 bits per heavy atom. The topological polar surface area (TPSA) is 58.1 Å². The highest BCUT2D eigenvalue weighted by Crippen LogP contribution is 2.23. The first-order valence-corrected chi connectivity index (χ1v) is 5.55. The van der Waals surface area contributed by atoms with Gasteiger partial charge in [-0.15, -0.1) is 0 Å². The minimum atomic E-state index is 0.488. The number of hydrogen-bond donors (Lipinski definition) is 1. The number of piperidine rings is 1. The van der Waals surface area contributed by atoms with E-state index < -0.39 is 0 Å². The van der Waals surface area contributed by atoms with Gasteiger partial charge in [0, 0.05) is 18.4 Å². The lowest BCUT2D eigenvalue weighted by atomic mass is 10.1. The number of nitrogens with one attached hydrogen (secondary N) is 1. The van der Waals surface area contributed by atoms with E-state index in [1.165, 1.54) is 0 Å². The first-order chi connectivity index (χ1) is 7.90. The summed E-state index contributed by atoms with van der Waals surface area (Å²) in [6.07, 6.45) is 7.80. The largest absolute Gasteiger partial charge is 0.327 e. The quantitative estimate of drug-likeness (QED) is 0.770. The molecule has 3 heterocycles. The molecule has 1 aliphatic heterocycles. The molecule has 5 heteroatoms. The van der Waals surface area contributed by atoms with Crippen LogP contribution in [0.25, 0.3) is 5.65 Å². The number of rotatable bonds is 1. The molecule has 1 N–H and O–H groups in total. The maximum Gasteiger partial charge on any atom is 0.154 e. The summed E-state index contributed by atoms with van der Waals surface area (Å²) in [7, 11) is 0. The van der Waals surface area contributed by atoms with Crippen molar-refractivity contribution in [1.29, 1.82) is 5.26 Å². The summed E-state index contributed by atoms with van der Waals surface area (Å²) < 4.78 is 3.97. The van der Waals surface area contributed by atoms with Crippen molar-refractivity contribution >= 4 is 5.65 Å². The molecule has 0 spiro atoms. The Labute approximate surface area is 93.3 Å². The van der Waals surface area contributed by atoms with Crippen molar-refractivity contribution in [2.45, 2.75) is 18.9 Å². The van der Waals surface area contributed by atoms with E-state index in [0.29, 0.717) is 11.6 Å². The van der Waals surface area contributed by atoms with Gasteiger partial charge >= 0.3 is 0 Å². The summed E-state index contributed by atoms with van der Waals surface area (Å²) >= 11 is 0. The molecular formula is C11H13N5. The Kier molecular flexibility index (Phi) is 2.15. The third-order valence-electron chi connectivity index (χ3n) is 3.20. The van der Waals surface area contributed by atoms with Gasteiger partial charge in [-0.1, -0.05) is 0 Å². The fourth-order valence-corrected chi connectivity index (χ4v) is 2.39. The minimum Gasteiger partial charge on any atom is -0.327 e. The summed E-state index contributed by atoms with van der Waals surface area (Å²) in [5, 5.41) is 16.5. The molecule has 16 heavy (non-hydrogen) atoms. The molecule has 0 amide bonds. The Morgan fingerprint density at radius 2 is 2.19 bits per heavy atom. The Balaban J connectivity index is 2.08. The summed E-state index contributed by atoms with van der Waals surface area (Å²) in [6, 6.07) is 2.68. The second-order valence-corrected chi connectivity index (χ2v) is 4.12. The van der Waals surface area contributed by atoms with E-state index in [-0.39, 0.29) is 0 Å². The molecule has 82 valence electrons. The van der Waals surface area contributed by atoms with Crippen molar-refractivity contribution in [3.05, 3.63) is 24.2 Å². The van der Waals surface area contributed by atoms with Gasteiger partial charge in [-0.3, -0.25) is 0 Å². The van der Waals surface area contributed by atoms with Gasteiger partial charge in [-0.25, -0.2) is 4.52 Å². The van der Waals surface area contributed by atoms with E-state index in [4.69, 9.17) is 5.26 Å². The first kappa shape index (κ1) is 9.43. The van der Waals surface area contributed by atoms with Crippen LogP contribution in [0.5, 0.6) is 0 Å². The van der Waals surface area contributed by atoms with Crippen LogP contribution in [0.4, 0.5) is 0 Å². The Hall–Kier alpha value is -1.80. The van der Waals surface area contributed by atoms with Gasteiger partial charge in [0.15, 0.2) is 5.65 Å². The monoisotopic (exact) mass is 215 g/mol. The van der Waals surface area contributed by atoms with Gasteiger partial charge in [0.2, 0.25) is 0 Å². The van der Waals surface area contributed by atoms with Crippen molar-refractivity contribution in [1.82, 2.24) is 19.5 Å². The molecule has 0 aromatic carbocycles. The van der Waals surface area contributed by atoms with Gasteiger partial charge in [0.25, 0.3) is 0 Å². The smallest absolute Gasteiger partial charge is 0.154 e. The highest BCUT2D eigenvalue weighted by atomic mass is 15.3.